The van der Waals surface area contributed by atoms with E-state index in [0.717, 1.165) is 25.0 Å². The monoisotopic (exact) mass is 400 g/mol. The van der Waals surface area contributed by atoms with Gasteiger partial charge in [-0.25, -0.2) is 4.79 Å². The fraction of sp³-hybridized carbons (Fsp3) is 0.238. The van der Waals surface area contributed by atoms with E-state index >= 15 is 0 Å². The number of H-pyrrole nitrogens is 1. The molecule has 3 heterocycles. The van der Waals surface area contributed by atoms with E-state index in [2.05, 4.69) is 38.6 Å². The van der Waals surface area contributed by atoms with Crippen LogP contribution in [0.3, 0.4) is 0 Å². The molecule has 0 saturated heterocycles. The minimum Gasteiger partial charge on any atom is -0.290 e. The molecule has 0 radical (unpaired) electrons. The summed E-state index contributed by atoms with van der Waals surface area (Å²) in [6.07, 6.45) is 6.20. The number of aryl methyl sites for hydroxylation is 1. The number of tetrazole rings is 1. The van der Waals surface area contributed by atoms with Crippen molar-refractivity contribution in [3.63, 3.8) is 0 Å². The van der Waals surface area contributed by atoms with Crippen LogP contribution in [0.5, 0.6) is 0 Å². The Kier molecular flexibility index (Phi) is 5.48. The van der Waals surface area contributed by atoms with Gasteiger partial charge in [-0.1, -0.05) is 25.5 Å². The molecular weight excluding hydrogens is 380 g/mol. The summed E-state index contributed by atoms with van der Waals surface area (Å²) in [6, 6.07) is 12.9. The second kappa shape index (κ2) is 8.53. The van der Waals surface area contributed by atoms with E-state index in [0.29, 0.717) is 28.3 Å². The van der Waals surface area contributed by atoms with Gasteiger partial charge in [-0.2, -0.15) is 10.5 Å². The van der Waals surface area contributed by atoms with Gasteiger partial charge in [0, 0.05) is 23.7 Å². The average Bonchev–Trinajstić information content (AvgIpc) is 3.42. The van der Waals surface area contributed by atoms with E-state index in [4.69, 9.17) is 0 Å². The highest BCUT2D eigenvalue weighted by molar-refractivity contribution is 5.57. The second-order valence-corrected chi connectivity index (χ2v) is 6.82. The molecule has 0 fully saturated rings. The Morgan fingerprint density at radius 2 is 2.07 bits per heavy atom. The zero-order chi connectivity index (χ0) is 20.9. The maximum absolute atomic E-state index is 13.4. The first-order valence-corrected chi connectivity index (χ1v) is 9.71. The number of nitrogens with one attached hydrogen (secondary N) is 1. The summed E-state index contributed by atoms with van der Waals surface area (Å²) < 4.78 is 3.25. The molecule has 3 aromatic heterocycles. The van der Waals surface area contributed by atoms with Gasteiger partial charge in [-0.3, -0.25) is 14.1 Å². The van der Waals surface area contributed by atoms with Crippen LogP contribution >= 0.6 is 0 Å². The normalized spacial score (nSPS) is 10.8. The number of para-hydroxylation sites is 1. The molecule has 0 saturated carbocycles. The van der Waals surface area contributed by atoms with Crippen LogP contribution in [-0.2, 0) is 13.0 Å². The van der Waals surface area contributed by atoms with Crippen LogP contribution in [0.4, 0.5) is 0 Å². The SMILES string of the molecule is CCCCc1cn(-c2ccccc2C#N)c(=O)n1Cc1ncccc1-c1nn[nH]n1. The largest absolute Gasteiger partial charge is 0.333 e. The zero-order valence-electron chi connectivity index (χ0n) is 16.5. The van der Waals surface area contributed by atoms with Crippen LogP contribution in [0, 0.1) is 11.3 Å². The van der Waals surface area contributed by atoms with E-state index in [1.54, 1.807) is 39.6 Å². The van der Waals surface area contributed by atoms with Crippen molar-refractivity contribution in [1.29, 1.82) is 5.26 Å². The lowest BCUT2D eigenvalue weighted by atomic mass is 10.1. The third-order valence-electron chi connectivity index (χ3n) is 4.92. The number of nitriles is 1. The van der Waals surface area contributed by atoms with Crippen molar-refractivity contribution in [2.75, 3.05) is 0 Å². The molecule has 0 spiro atoms. The molecule has 30 heavy (non-hydrogen) atoms. The molecule has 0 bridgehead atoms. The molecule has 0 aliphatic heterocycles. The molecule has 0 aliphatic rings. The lowest BCUT2D eigenvalue weighted by Gasteiger charge is -2.09. The maximum atomic E-state index is 13.4. The third-order valence-corrected chi connectivity index (χ3v) is 4.92. The van der Waals surface area contributed by atoms with Crippen molar-refractivity contribution in [1.82, 2.24) is 34.7 Å². The van der Waals surface area contributed by atoms with Crippen molar-refractivity contribution >= 4 is 0 Å². The van der Waals surface area contributed by atoms with Gasteiger partial charge in [0.15, 0.2) is 0 Å². The Hall–Kier alpha value is -4.06. The highest BCUT2D eigenvalue weighted by atomic mass is 16.1. The quantitative estimate of drug-likeness (QED) is 0.509. The fourth-order valence-electron chi connectivity index (χ4n) is 3.40. The van der Waals surface area contributed by atoms with E-state index in [9.17, 15) is 10.1 Å². The summed E-state index contributed by atoms with van der Waals surface area (Å²) in [5.41, 5.74) is 3.08. The molecule has 4 aromatic rings. The highest BCUT2D eigenvalue weighted by Gasteiger charge is 2.18. The van der Waals surface area contributed by atoms with Crippen LogP contribution < -0.4 is 5.69 Å². The Bertz CT molecular complexity index is 1250. The van der Waals surface area contributed by atoms with Gasteiger partial charge in [-0.15, -0.1) is 10.2 Å². The predicted molar refractivity (Wildman–Crippen MR) is 110 cm³/mol. The van der Waals surface area contributed by atoms with Gasteiger partial charge in [0.1, 0.15) is 6.07 Å². The zero-order valence-corrected chi connectivity index (χ0v) is 16.5. The maximum Gasteiger partial charge on any atom is 0.333 e. The molecule has 9 heteroatoms. The number of pyridine rings is 1. The molecular formula is C21H20N8O. The number of imidazole rings is 1. The van der Waals surface area contributed by atoms with Crippen molar-refractivity contribution in [3.05, 3.63) is 76.2 Å². The number of rotatable bonds is 7. The Morgan fingerprint density at radius 1 is 1.20 bits per heavy atom. The average molecular weight is 400 g/mol. The summed E-state index contributed by atoms with van der Waals surface area (Å²) in [6.45, 7) is 2.38. The summed E-state index contributed by atoms with van der Waals surface area (Å²) in [5.74, 6) is 0.426. The Labute approximate surface area is 172 Å². The predicted octanol–water partition coefficient (Wildman–Crippen LogP) is 2.48. The third kappa shape index (κ3) is 3.63. The number of hydrogen-bond acceptors (Lipinski definition) is 6. The number of hydrogen-bond donors (Lipinski definition) is 1. The number of aromatic amines is 1. The number of nitrogens with zero attached hydrogens (tertiary/aromatic N) is 7. The molecule has 1 aromatic carbocycles. The molecule has 4 rings (SSSR count). The first kappa shape index (κ1) is 19.3. The van der Waals surface area contributed by atoms with Crippen LogP contribution in [-0.4, -0.2) is 34.7 Å². The molecule has 150 valence electrons. The molecule has 0 amide bonds. The smallest absolute Gasteiger partial charge is 0.290 e. The van der Waals surface area contributed by atoms with E-state index in [1.807, 2.05) is 18.3 Å². The van der Waals surface area contributed by atoms with E-state index in [1.165, 1.54) is 0 Å². The van der Waals surface area contributed by atoms with Crippen molar-refractivity contribution in [2.45, 2.75) is 32.7 Å². The van der Waals surface area contributed by atoms with Gasteiger partial charge in [0.25, 0.3) is 0 Å². The van der Waals surface area contributed by atoms with E-state index < -0.39 is 0 Å². The van der Waals surface area contributed by atoms with Gasteiger partial charge < -0.3 is 0 Å². The van der Waals surface area contributed by atoms with Gasteiger partial charge in [0.2, 0.25) is 5.82 Å². The van der Waals surface area contributed by atoms with Crippen LogP contribution in [0.2, 0.25) is 0 Å². The highest BCUT2D eigenvalue weighted by Crippen LogP contribution is 2.20. The van der Waals surface area contributed by atoms with Crippen molar-refractivity contribution < 1.29 is 0 Å². The topological polar surface area (TPSA) is 118 Å². The Morgan fingerprint density at radius 3 is 2.83 bits per heavy atom. The van der Waals surface area contributed by atoms with Crippen molar-refractivity contribution in [3.8, 4) is 23.1 Å². The lowest BCUT2D eigenvalue weighted by molar-refractivity contribution is 0.665. The lowest BCUT2D eigenvalue weighted by Crippen LogP contribution is -2.25. The minimum atomic E-state index is -0.214. The summed E-state index contributed by atoms with van der Waals surface area (Å²) in [4.78, 5) is 17.8. The number of aromatic nitrogens is 7. The molecule has 0 atom stereocenters. The first-order valence-electron chi connectivity index (χ1n) is 9.71. The summed E-state index contributed by atoms with van der Waals surface area (Å²) in [7, 11) is 0. The van der Waals surface area contributed by atoms with Gasteiger partial charge in [0.05, 0.1) is 23.5 Å². The van der Waals surface area contributed by atoms with E-state index in [-0.39, 0.29) is 12.2 Å². The first-order chi connectivity index (χ1) is 14.7. The molecule has 0 unspecified atom stereocenters. The Balaban J connectivity index is 1.82. The standard InChI is InChI=1S/C21H20N8O/c1-2-3-8-16-13-29(19-10-5-4-7-15(19)12-22)21(30)28(16)14-18-17(9-6-11-23-18)20-24-26-27-25-20/h4-7,9-11,13H,2-3,8,14H2,1H3,(H,24,25,26,27). The fourth-order valence-corrected chi connectivity index (χ4v) is 3.40. The summed E-state index contributed by atoms with van der Waals surface area (Å²) >= 11 is 0. The summed E-state index contributed by atoms with van der Waals surface area (Å²) in [5, 5.41) is 23.6. The second-order valence-electron chi connectivity index (χ2n) is 6.82. The van der Waals surface area contributed by atoms with Crippen LogP contribution in [0.1, 0.15) is 36.7 Å². The van der Waals surface area contributed by atoms with Crippen LogP contribution in [0.15, 0.2) is 53.6 Å². The molecule has 1 N–H and O–H groups in total. The van der Waals surface area contributed by atoms with Crippen LogP contribution in [0.25, 0.3) is 17.1 Å². The van der Waals surface area contributed by atoms with Gasteiger partial charge in [-0.05, 0) is 42.3 Å². The number of benzene rings is 1. The number of unbranched alkanes of at least 4 members (excludes halogenated alkanes) is 1. The minimum absolute atomic E-state index is 0.214. The van der Waals surface area contributed by atoms with Crippen molar-refractivity contribution in [2.24, 2.45) is 0 Å². The molecule has 9 nitrogen and oxygen atoms in total. The van der Waals surface area contributed by atoms with Gasteiger partial charge >= 0.3 is 5.69 Å². The molecule has 0 aliphatic carbocycles.